The number of nitrogens with one attached hydrogen (secondary N) is 2. The summed E-state index contributed by atoms with van der Waals surface area (Å²) in [5.41, 5.74) is 1.02. The summed E-state index contributed by atoms with van der Waals surface area (Å²) < 4.78 is 5.08. The van der Waals surface area contributed by atoms with Crippen LogP contribution in [-0.4, -0.2) is 31.2 Å². The normalized spacial score (nSPS) is 12.2. The molecule has 1 rings (SSSR count). The highest BCUT2D eigenvalue weighted by Gasteiger charge is 2.09. The highest BCUT2D eigenvalue weighted by molar-refractivity contribution is 5.77. The fourth-order valence-electron chi connectivity index (χ4n) is 1.76. The van der Waals surface area contributed by atoms with Gasteiger partial charge in [-0.15, -0.1) is 0 Å². The van der Waals surface area contributed by atoms with Gasteiger partial charge in [-0.1, -0.05) is 19.9 Å². The van der Waals surface area contributed by atoms with E-state index < -0.39 is 0 Å². The molecule has 1 unspecified atom stereocenters. The van der Waals surface area contributed by atoms with Gasteiger partial charge in [0.2, 0.25) is 5.91 Å². The average molecular weight is 280 g/mol. The minimum absolute atomic E-state index is 0.00813. The Balaban J connectivity index is 2.43. The maximum atomic E-state index is 11.4. The first-order valence-corrected chi connectivity index (χ1v) is 6.83. The van der Waals surface area contributed by atoms with Crippen LogP contribution in [0, 0.1) is 5.92 Å². The number of amides is 1. The Morgan fingerprint density at radius 3 is 2.60 bits per heavy atom. The first-order valence-electron chi connectivity index (χ1n) is 6.83. The molecule has 5 nitrogen and oxygen atoms in total. The molecule has 112 valence electrons. The molecule has 1 atom stereocenters. The number of hydrogen-bond acceptors (Lipinski definition) is 4. The van der Waals surface area contributed by atoms with Crippen molar-refractivity contribution in [2.45, 2.75) is 26.8 Å². The number of rotatable bonds is 7. The zero-order chi connectivity index (χ0) is 15.1. The third kappa shape index (κ3) is 4.74. The van der Waals surface area contributed by atoms with E-state index in [9.17, 15) is 9.90 Å². The number of hydrogen-bond donors (Lipinski definition) is 3. The van der Waals surface area contributed by atoms with Crippen molar-refractivity contribution in [2.24, 2.45) is 5.92 Å². The van der Waals surface area contributed by atoms with E-state index in [4.69, 9.17) is 4.74 Å². The number of ether oxygens (including phenoxy) is 1. The summed E-state index contributed by atoms with van der Waals surface area (Å²) in [6.07, 6.45) is 0. The quantitative estimate of drug-likeness (QED) is 0.666. The molecule has 0 saturated carbocycles. The Bertz CT molecular complexity index is 447. The molecule has 0 aliphatic rings. The number of carbonyl (C=O) groups is 1. The number of benzene rings is 1. The van der Waals surface area contributed by atoms with Crippen molar-refractivity contribution in [1.82, 2.24) is 10.6 Å². The molecule has 3 N–H and O–H groups in total. The summed E-state index contributed by atoms with van der Waals surface area (Å²) in [5, 5.41) is 15.7. The van der Waals surface area contributed by atoms with Gasteiger partial charge in [-0.3, -0.25) is 4.79 Å². The first kappa shape index (κ1) is 16.3. The molecular formula is C15H24N2O3. The lowest BCUT2D eigenvalue weighted by Crippen LogP contribution is -2.35. The van der Waals surface area contributed by atoms with Gasteiger partial charge in [-0.05, 0) is 24.6 Å². The Hall–Kier alpha value is -1.75. The standard InChI is InChI=1S/C15H24N2O3/c1-10(2)15(19)17-8-7-16-11(3)12-5-6-13(18)14(9-12)20-4/h5-6,9-11,16,18H,7-8H2,1-4H3,(H,17,19). The van der Waals surface area contributed by atoms with Gasteiger partial charge in [0.15, 0.2) is 11.5 Å². The number of phenols is 1. The molecular weight excluding hydrogens is 256 g/mol. The molecule has 0 radical (unpaired) electrons. The van der Waals surface area contributed by atoms with E-state index in [-0.39, 0.29) is 23.6 Å². The van der Waals surface area contributed by atoms with Gasteiger partial charge in [0.25, 0.3) is 0 Å². The van der Waals surface area contributed by atoms with Crippen LogP contribution in [0.25, 0.3) is 0 Å². The first-order chi connectivity index (χ1) is 9.45. The van der Waals surface area contributed by atoms with Crippen LogP contribution >= 0.6 is 0 Å². The molecule has 0 fully saturated rings. The zero-order valence-corrected chi connectivity index (χ0v) is 12.6. The summed E-state index contributed by atoms with van der Waals surface area (Å²) in [7, 11) is 1.53. The van der Waals surface area contributed by atoms with Gasteiger partial charge in [0.05, 0.1) is 7.11 Å². The van der Waals surface area contributed by atoms with E-state index in [0.29, 0.717) is 18.8 Å². The molecule has 0 aliphatic heterocycles. The fraction of sp³-hybridized carbons (Fsp3) is 0.533. The van der Waals surface area contributed by atoms with Crippen LogP contribution in [0.3, 0.4) is 0 Å². The zero-order valence-electron chi connectivity index (χ0n) is 12.6. The van der Waals surface area contributed by atoms with Crippen LogP contribution in [0.2, 0.25) is 0 Å². The van der Waals surface area contributed by atoms with Crippen molar-refractivity contribution in [3.63, 3.8) is 0 Å². The van der Waals surface area contributed by atoms with Crippen molar-refractivity contribution in [3.05, 3.63) is 23.8 Å². The molecule has 5 heteroatoms. The molecule has 20 heavy (non-hydrogen) atoms. The lowest BCUT2D eigenvalue weighted by Gasteiger charge is -2.16. The number of phenolic OH excluding ortho intramolecular Hbond substituents is 1. The van der Waals surface area contributed by atoms with Crippen LogP contribution in [0.15, 0.2) is 18.2 Å². The van der Waals surface area contributed by atoms with E-state index in [1.165, 1.54) is 7.11 Å². The van der Waals surface area contributed by atoms with Crippen molar-refractivity contribution in [1.29, 1.82) is 0 Å². The van der Waals surface area contributed by atoms with E-state index >= 15 is 0 Å². The number of aromatic hydroxyl groups is 1. The third-order valence-corrected chi connectivity index (χ3v) is 3.10. The summed E-state index contributed by atoms with van der Waals surface area (Å²) in [6, 6.07) is 5.38. The number of methoxy groups -OCH3 is 1. The smallest absolute Gasteiger partial charge is 0.222 e. The predicted molar refractivity (Wildman–Crippen MR) is 78.9 cm³/mol. The Labute approximate surface area is 120 Å². The van der Waals surface area contributed by atoms with Gasteiger partial charge in [0, 0.05) is 25.0 Å². The van der Waals surface area contributed by atoms with Crippen molar-refractivity contribution in [3.8, 4) is 11.5 Å². The summed E-state index contributed by atoms with van der Waals surface area (Å²) >= 11 is 0. The van der Waals surface area contributed by atoms with Crippen molar-refractivity contribution >= 4 is 5.91 Å². The molecule has 0 aromatic heterocycles. The Kier molecular flexibility index (Phi) is 6.31. The van der Waals surface area contributed by atoms with Gasteiger partial charge in [0.1, 0.15) is 0 Å². The van der Waals surface area contributed by atoms with E-state index in [1.54, 1.807) is 12.1 Å². The van der Waals surface area contributed by atoms with E-state index in [2.05, 4.69) is 10.6 Å². The van der Waals surface area contributed by atoms with Crippen molar-refractivity contribution < 1.29 is 14.6 Å². The minimum atomic E-state index is 0.00813. The maximum absolute atomic E-state index is 11.4. The second-order valence-corrected chi connectivity index (χ2v) is 5.05. The van der Waals surface area contributed by atoms with Gasteiger partial charge < -0.3 is 20.5 Å². The fourth-order valence-corrected chi connectivity index (χ4v) is 1.76. The summed E-state index contributed by atoms with van der Waals surface area (Å²) in [6.45, 7) is 7.04. The van der Waals surface area contributed by atoms with Crippen molar-refractivity contribution in [2.75, 3.05) is 20.2 Å². The van der Waals surface area contributed by atoms with Gasteiger partial charge in [-0.2, -0.15) is 0 Å². The maximum Gasteiger partial charge on any atom is 0.222 e. The lowest BCUT2D eigenvalue weighted by molar-refractivity contribution is -0.123. The lowest BCUT2D eigenvalue weighted by atomic mass is 10.1. The van der Waals surface area contributed by atoms with Crippen LogP contribution in [0.4, 0.5) is 0 Å². The molecule has 0 aliphatic carbocycles. The topological polar surface area (TPSA) is 70.6 Å². The Morgan fingerprint density at radius 1 is 1.30 bits per heavy atom. The van der Waals surface area contributed by atoms with Crippen LogP contribution in [0.1, 0.15) is 32.4 Å². The van der Waals surface area contributed by atoms with Gasteiger partial charge in [-0.25, -0.2) is 0 Å². The van der Waals surface area contributed by atoms with Crippen LogP contribution in [-0.2, 0) is 4.79 Å². The monoisotopic (exact) mass is 280 g/mol. The Morgan fingerprint density at radius 2 is 2.00 bits per heavy atom. The molecule has 0 bridgehead atoms. The number of carbonyl (C=O) groups excluding carboxylic acids is 1. The summed E-state index contributed by atoms with van der Waals surface area (Å²) in [4.78, 5) is 11.4. The van der Waals surface area contributed by atoms with E-state index in [1.807, 2.05) is 26.8 Å². The van der Waals surface area contributed by atoms with Gasteiger partial charge >= 0.3 is 0 Å². The second-order valence-electron chi connectivity index (χ2n) is 5.05. The predicted octanol–water partition coefficient (Wildman–Crippen LogP) is 1.82. The largest absolute Gasteiger partial charge is 0.504 e. The van der Waals surface area contributed by atoms with E-state index in [0.717, 1.165) is 5.56 Å². The molecule has 0 heterocycles. The summed E-state index contributed by atoms with van der Waals surface area (Å²) in [5.74, 6) is 0.663. The SMILES string of the molecule is COc1cc(C(C)NCCNC(=O)C(C)C)ccc1O. The minimum Gasteiger partial charge on any atom is -0.504 e. The average Bonchev–Trinajstić information content (AvgIpc) is 2.43. The molecule has 1 aromatic rings. The molecule has 0 spiro atoms. The highest BCUT2D eigenvalue weighted by atomic mass is 16.5. The highest BCUT2D eigenvalue weighted by Crippen LogP contribution is 2.28. The molecule has 1 amide bonds. The molecule has 1 aromatic carbocycles. The molecule has 0 saturated heterocycles. The third-order valence-electron chi connectivity index (χ3n) is 3.10. The second kappa shape index (κ2) is 7.75. The van der Waals surface area contributed by atoms with Crippen LogP contribution < -0.4 is 15.4 Å². The van der Waals surface area contributed by atoms with Crippen LogP contribution in [0.5, 0.6) is 11.5 Å².